The maximum Gasteiger partial charge on any atom is 0.257 e. The topological polar surface area (TPSA) is 79.8 Å². The molecule has 6 rings (SSSR count). The van der Waals surface area contributed by atoms with Crippen LogP contribution >= 0.6 is 0 Å². The number of piperazine rings is 1. The molecule has 0 N–H and O–H groups in total. The Morgan fingerprint density at radius 1 is 1.22 bits per heavy atom. The van der Waals surface area contributed by atoms with Crippen LogP contribution in [0.4, 0.5) is 5.82 Å². The van der Waals surface area contributed by atoms with Crippen molar-refractivity contribution < 1.29 is 9.21 Å². The number of hydrogen-bond acceptors (Lipinski definition) is 6. The van der Waals surface area contributed by atoms with E-state index < -0.39 is 0 Å². The Kier molecular flexibility index (Phi) is 2.50. The van der Waals surface area contributed by atoms with Crippen molar-refractivity contribution in [1.82, 2.24) is 24.7 Å². The molecule has 1 amide bonds. The minimum Gasteiger partial charge on any atom is -0.472 e. The molecule has 0 aromatic carbocycles. The Labute approximate surface area is 131 Å². The predicted molar refractivity (Wildman–Crippen MR) is 80.1 cm³/mol. The second-order valence-electron chi connectivity index (χ2n) is 6.00. The van der Waals surface area contributed by atoms with Crippen molar-refractivity contribution in [3.63, 3.8) is 0 Å². The molecule has 3 aliphatic rings. The molecule has 2 unspecified atom stereocenters. The molecule has 0 radical (unpaired) electrons. The van der Waals surface area contributed by atoms with Gasteiger partial charge in [0.2, 0.25) is 0 Å². The highest BCUT2D eigenvalue weighted by molar-refractivity contribution is 5.95. The smallest absolute Gasteiger partial charge is 0.257 e. The highest BCUT2D eigenvalue weighted by Gasteiger charge is 2.47. The molecule has 0 aliphatic carbocycles. The molecule has 23 heavy (non-hydrogen) atoms. The molecule has 6 heterocycles. The van der Waals surface area contributed by atoms with Crippen LogP contribution in [0.15, 0.2) is 41.5 Å². The van der Waals surface area contributed by atoms with Gasteiger partial charge >= 0.3 is 0 Å². The van der Waals surface area contributed by atoms with Gasteiger partial charge in [0.1, 0.15) is 18.4 Å². The summed E-state index contributed by atoms with van der Waals surface area (Å²) in [4.78, 5) is 16.7. The van der Waals surface area contributed by atoms with E-state index in [0.717, 1.165) is 31.0 Å². The van der Waals surface area contributed by atoms with Gasteiger partial charge in [-0.05, 0) is 24.6 Å². The first-order valence-corrected chi connectivity index (χ1v) is 7.56. The molecular formula is C15H14N6O2. The number of rotatable bonds is 2. The normalized spacial score (nSPS) is 23.1. The molecule has 0 saturated carbocycles. The third kappa shape index (κ3) is 1.84. The van der Waals surface area contributed by atoms with Crippen molar-refractivity contribution >= 4 is 17.4 Å². The number of hydrogen-bond donors (Lipinski definition) is 0. The van der Waals surface area contributed by atoms with E-state index in [-0.39, 0.29) is 18.0 Å². The molecule has 2 atom stereocenters. The summed E-state index contributed by atoms with van der Waals surface area (Å²) in [5.41, 5.74) is 1.35. The average molecular weight is 310 g/mol. The number of amides is 1. The van der Waals surface area contributed by atoms with E-state index in [0.29, 0.717) is 5.56 Å². The molecule has 3 saturated heterocycles. The molecule has 2 bridgehead atoms. The van der Waals surface area contributed by atoms with Crippen molar-refractivity contribution in [1.29, 1.82) is 0 Å². The third-order valence-electron chi connectivity index (χ3n) is 4.67. The molecule has 116 valence electrons. The fraction of sp³-hybridized carbons (Fsp3) is 0.333. The summed E-state index contributed by atoms with van der Waals surface area (Å²) in [5, 5.41) is 12.3. The van der Waals surface area contributed by atoms with Gasteiger partial charge in [-0.25, -0.2) is 0 Å². The van der Waals surface area contributed by atoms with Crippen LogP contribution in [-0.4, -0.2) is 55.8 Å². The van der Waals surface area contributed by atoms with Gasteiger partial charge in [0.05, 0.1) is 23.9 Å². The van der Waals surface area contributed by atoms with Crippen molar-refractivity contribution in [3.8, 4) is 0 Å². The van der Waals surface area contributed by atoms with Gasteiger partial charge in [-0.2, -0.15) is 4.52 Å². The van der Waals surface area contributed by atoms with E-state index in [2.05, 4.69) is 20.2 Å². The Morgan fingerprint density at radius 2 is 2.09 bits per heavy atom. The number of carbonyl (C=O) groups excluding carboxylic acids is 1. The minimum atomic E-state index is 0.0573. The van der Waals surface area contributed by atoms with Gasteiger partial charge in [0.25, 0.3) is 5.91 Å². The van der Waals surface area contributed by atoms with E-state index in [9.17, 15) is 4.79 Å². The fourth-order valence-corrected chi connectivity index (χ4v) is 3.55. The molecular weight excluding hydrogens is 296 g/mol. The van der Waals surface area contributed by atoms with Crippen molar-refractivity contribution in [2.75, 3.05) is 18.0 Å². The summed E-state index contributed by atoms with van der Waals surface area (Å²) in [7, 11) is 0. The highest BCUT2D eigenvalue weighted by Crippen LogP contribution is 2.35. The first-order chi connectivity index (χ1) is 11.3. The van der Waals surface area contributed by atoms with Gasteiger partial charge in [-0.15, -0.1) is 15.3 Å². The van der Waals surface area contributed by atoms with Gasteiger partial charge in [-0.1, -0.05) is 0 Å². The van der Waals surface area contributed by atoms with Gasteiger partial charge in [-0.3, -0.25) is 4.79 Å². The third-order valence-corrected chi connectivity index (χ3v) is 4.67. The Morgan fingerprint density at radius 3 is 2.87 bits per heavy atom. The standard InChI is InChI=1S/C15H14N6O2/c22-15(10-3-4-23-8-10)21-11-5-12(21)7-19(6-11)14-2-1-13-17-16-9-20(13)18-14/h1-4,8-9,11-12H,5-7H2. The molecule has 3 aromatic heterocycles. The lowest BCUT2D eigenvalue weighted by Crippen LogP contribution is -2.70. The predicted octanol–water partition coefficient (Wildman–Crippen LogP) is 0.821. The molecule has 3 aromatic rings. The van der Waals surface area contributed by atoms with E-state index in [4.69, 9.17) is 4.42 Å². The molecule has 8 nitrogen and oxygen atoms in total. The lowest BCUT2D eigenvalue weighted by Gasteiger charge is -2.56. The lowest BCUT2D eigenvalue weighted by molar-refractivity contribution is 0.00567. The molecule has 0 spiro atoms. The number of furan rings is 1. The quantitative estimate of drug-likeness (QED) is 0.697. The number of carbonyl (C=O) groups is 1. The van der Waals surface area contributed by atoms with E-state index in [1.807, 2.05) is 17.0 Å². The van der Waals surface area contributed by atoms with Crippen LogP contribution in [0.25, 0.3) is 5.65 Å². The van der Waals surface area contributed by atoms with Crippen LogP contribution in [-0.2, 0) is 0 Å². The maximum absolute atomic E-state index is 12.5. The van der Waals surface area contributed by atoms with Crippen LogP contribution in [0.2, 0.25) is 0 Å². The number of aromatic nitrogens is 4. The zero-order valence-corrected chi connectivity index (χ0v) is 12.2. The number of piperidine rings is 1. The summed E-state index contributed by atoms with van der Waals surface area (Å²) in [6.07, 6.45) is 5.69. The SMILES string of the molecule is O=C(c1ccoc1)N1C2CC1CN(c1ccc3nncn3n1)C2. The Balaban J connectivity index is 1.37. The lowest BCUT2D eigenvalue weighted by atomic mass is 9.86. The summed E-state index contributed by atoms with van der Waals surface area (Å²) in [5.74, 6) is 0.948. The largest absolute Gasteiger partial charge is 0.472 e. The number of anilines is 1. The van der Waals surface area contributed by atoms with Crippen molar-refractivity contribution in [3.05, 3.63) is 42.6 Å². The van der Waals surface area contributed by atoms with E-state index >= 15 is 0 Å². The summed E-state index contributed by atoms with van der Waals surface area (Å²) >= 11 is 0. The second-order valence-corrected chi connectivity index (χ2v) is 6.00. The van der Waals surface area contributed by atoms with Crippen LogP contribution in [0.5, 0.6) is 0 Å². The number of fused-ring (bicyclic) bond motifs is 3. The maximum atomic E-state index is 12.5. The van der Waals surface area contributed by atoms with Crippen molar-refractivity contribution in [2.45, 2.75) is 18.5 Å². The van der Waals surface area contributed by atoms with Crippen LogP contribution in [0.1, 0.15) is 16.8 Å². The van der Waals surface area contributed by atoms with Gasteiger partial charge in [0.15, 0.2) is 5.65 Å². The van der Waals surface area contributed by atoms with Crippen LogP contribution in [0, 0.1) is 0 Å². The van der Waals surface area contributed by atoms with Crippen LogP contribution < -0.4 is 4.90 Å². The molecule has 3 aliphatic heterocycles. The van der Waals surface area contributed by atoms with Crippen molar-refractivity contribution in [2.24, 2.45) is 0 Å². The fourth-order valence-electron chi connectivity index (χ4n) is 3.55. The second kappa shape index (κ2) is 4.55. The summed E-state index contributed by atoms with van der Waals surface area (Å²) in [6.45, 7) is 1.58. The van der Waals surface area contributed by atoms with Gasteiger partial charge < -0.3 is 14.2 Å². The van der Waals surface area contributed by atoms with Crippen LogP contribution in [0.3, 0.4) is 0 Å². The van der Waals surface area contributed by atoms with E-state index in [1.54, 1.807) is 16.9 Å². The zero-order valence-electron chi connectivity index (χ0n) is 12.2. The monoisotopic (exact) mass is 310 g/mol. The molecule has 3 fully saturated rings. The first-order valence-electron chi connectivity index (χ1n) is 7.56. The zero-order chi connectivity index (χ0) is 15.4. The Hall–Kier alpha value is -2.90. The van der Waals surface area contributed by atoms with E-state index in [1.165, 1.54) is 12.5 Å². The van der Waals surface area contributed by atoms with Gasteiger partial charge in [0, 0.05) is 13.1 Å². The molecule has 8 heteroatoms. The summed E-state index contributed by atoms with van der Waals surface area (Å²) < 4.78 is 6.69. The first kappa shape index (κ1) is 12.6. The Bertz CT molecular complexity index is 861. The minimum absolute atomic E-state index is 0.0573. The summed E-state index contributed by atoms with van der Waals surface area (Å²) in [6, 6.07) is 6.04. The number of nitrogens with zero attached hydrogens (tertiary/aromatic N) is 6. The highest BCUT2D eigenvalue weighted by atomic mass is 16.3. The average Bonchev–Trinajstić information content (AvgIpc) is 3.25.